The van der Waals surface area contributed by atoms with Crippen molar-refractivity contribution < 1.29 is 19.1 Å². The van der Waals surface area contributed by atoms with Gasteiger partial charge < -0.3 is 19.7 Å². The molecular formula is C21H22N2O4. The third-order valence-electron chi connectivity index (χ3n) is 4.38. The second-order valence-electron chi connectivity index (χ2n) is 6.20. The fourth-order valence-corrected chi connectivity index (χ4v) is 3.03. The molecule has 2 aromatic carbocycles. The Labute approximate surface area is 158 Å². The quantitative estimate of drug-likeness (QED) is 0.798. The van der Waals surface area contributed by atoms with Crippen molar-refractivity contribution in [2.45, 2.75) is 12.5 Å². The summed E-state index contributed by atoms with van der Waals surface area (Å²) in [6, 6.07) is 14.7. The predicted octanol–water partition coefficient (Wildman–Crippen LogP) is 2.64. The molecule has 0 aliphatic carbocycles. The Kier molecular flexibility index (Phi) is 5.76. The molecule has 1 fully saturated rings. The summed E-state index contributed by atoms with van der Waals surface area (Å²) in [4.78, 5) is 26.2. The number of nitrogens with zero attached hydrogens (tertiary/aromatic N) is 1. The number of anilines is 1. The zero-order valence-electron chi connectivity index (χ0n) is 15.3. The van der Waals surface area contributed by atoms with E-state index in [0.29, 0.717) is 23.7 Å². The number of carbonyl (C=O) groups excluding carboxylic acids is 2. The van der Waals surface area contributed by atoms with Crippen LogP contribution >= 0.6 is 0 Å². The lowest BCUT2D eigenvalue weighted by molar-refractivity contribution is -0.117. The molecule has 0 spiro atoms. The SMILES string of the molecule is COc1ccc(N2CC(NC(=O)C=Cc3ccccc3)CC2=O)cc1OC. The first kappa shape index (κ1) is 18.5. The van der Waals surface area contributed by atoms with E-state index in [1.54, 1.807) is 43.4 Å². The molecule has 1 saturated heterocycles. The Bertz CT molecular complexity index is 849. The Morgan fingerprint density at radius 1 is 1.11 bits per heavy atom. The molecule has 1 aliphatic rings. The second kappa shape index (κ2) is 8.40. The number of carbonyl (C=O) groups is 2. The molecule has 6 nitrogen and oxygen atoms in total. The number of hydrogen-bond donors (Lipinski definition) is 1. The van der Waals surface area contributed by atoms with E-state index >= 15 is 0 Å². The Morgan fingerprint density at radius 2 is 1.85 bits per heavy atom. The maximum Gasteiger partial charge on any atom is 0.244 e. The van der Waals surface area contributed by atoms with Crippen molar-refractivity contribution >= 4 is 23.6 Å². The third-order valence-corrected chi connectivity index (χ3v) is 4.38. The topological polar surface area (TPSA) is 67.9 Å². The summed E-state index contributed by atoms with van der Waals surface area (Å²) in [6.45, 7) is 0.416. The number of nitrogens with one attached hydrogen (secondary N) is 1. The molecule has 0 radical (unpaired) electrons. The third kappa shape index (κ3) is 4.47. The van der Waals surface area contributed by atoms with Crippen LogP contribution in [0.2, 0.25) is 0 Å². The van der Waals surface area contributed by atoms with Gasteiger partial charge in [-0.25, -0.2) is 0 Å². The minimum atomic E-state index is -0.237. The van der Waals surface area contributed by atoms with Crippen molar-refractivity contribution in [1.29, 1.82) is 0 Å². The Morgan fingerprint density at radius 3 is 2.56 bits per heavy atom. The molecule has 0 aromatic heterocycles. The lowest BCUT2D eigenvalue weighted by atomic mass is 10.2. The standard InChI is InChI=1S/C21H22N2O4/c1-26-18-10-9-17(13-19(18)27-2)23-14-16(12-21(23)25)22-20(24)11-8-15-6-4-3-5-7-15/h3-11,13,16H,12,14H2,1-2H3,(H,22,24). The van der Waals surface area contributed by atoms with Gasteiger partial charge in [0.05, 0.1) is 20.3 Å². The summed E-state index contributed by atoms with van der Waals surface area (Å²) in [5.74, 6) is 0.898. The maximum absolute atomic E-state index is 12.4. The molecule has 1 atom stereocenters. The van der Waals surface area contributed by atoms with E-state index in [4.69, 9.17) is 9.47 Å². The summed E-state index contributed by atoms with van der Waals surface area (Å²) < 4.78 is 10.5. The minimum absolute atomic E-state index is 0.0421. The molecule has 1 aliphatic heterocycles. The van der Waals surface area contributed by atoms with Gasteiger partial charge in [0.1, 0.15) is 0 Å². The normalized spacial score (nSPS) is 16.6. The van der Waals surface area contributed by atoms with Gasteiger partial charge in [0.25, 0.3) is 0 Å². The first-order valence-electron chi connectivity index (χ1n) is 8.66. The van der Waals surface area contributed by atoms with Crippen LogP contribution in [-0.2, 0) is 9.59 Å². The fourth-order valence-electron chi connectivity index (χ4n) is 3.03. The summed E-state index contributed by atoms with van der Waals surface area (Å²) in [5.41, 5.74) is 1.66. The van der Waals surface area contributed by atoms with Crippen LogP contribution in [0.5, 0.6) is 11.5 Å². The van der Waals surface area contributed by atoms with Crippen molar-refractivity contribution in [1.82, 2.24) is 5.32 Å². The molecule has 1 unspecified atom stereocenters. The van der Waals surface area contributed by atoms with Gasteiger partial charge in [-0.2, -0.15) is 0 Å². The van der Waals surface area contributed by atoms with E-state index < -0.39 is 0 Å². The lowest BCUT2D eigenvalue weighted by Crippen LogP contribution is -2.36. The van der Waals surface area contributed by atoms with Crippen LogP contribution in [0.3, 0.4) is 0 Å². The average Bonchev–Trinajstić information content (AvgIpc) is 3.06. The highest BCUT2D eigenvalue weighted by Gasteiger charge is 2.31. The van der Waals surface area contributed by atoms with E-state index in [9.17, 15) is 9.59 Å². The largest absolute Gasteiger partial charge is 0.493 e. The number of rotatable bonds is 6. The molecule has 1 N–H and O–H groups in total. The van der Waals surface area contributed by atoms with E-state index in [1.165, 1.54) is 6.08 Å². The first-order valence-corrected chi connectivity index (χ1v) is 8.66. The molecule has 140 valence electrons. The van der Waals surface area contributed by atoms with Crippen LogP contribution in [0.15, 0.2) is 54.6 Å². The van der Waals surface area contributed by atoms with Crippen molar-refractivity contribution in [3.05, 3.63) is 60.2 Å². The van der Waals surface area contributed by atoms with Gasteiger partial charge in [0, 0.05) is 30.8 Å². The van der Waals surface area contributed by atoms with Gasteiger partial charge >= 0.3 is 0 Å². The van der Waals surface area contributed by atoms with Crippen LogP contribution in [0, 0.1) is 0 Å². The van der Waals surface area contributed by atoms with E-state index in [0.717, 1.165) is 5.56 Å². The highest BCUT2D eigenvalue weighted by atomic mass is 16.5. The van der Waals surface area contributed by atoms with Crippen molar-refractivity contribution in [3.63, 3.8) is 0 Å². The molecule has 1 heterocycles. The molecule has 2 aromatic rings. The highest BCUT2D eigenvalue weighted by molar-refractivity contribution is 5.98. The average molecular weight is 366 g/mol. The van der Waals surface area contributed by atoms with Crippen LogP contribution in [0.1, 0.15) is 12.0 Å². The van der Waals surface area contributed by atoms with Crippen LogP contribution < -0.4 is 19.7 Å². The monoisotopic (exact) mass is 366 g/mol. The van der Waals surface area contributed by atoms with Crippen molar-refractivity contribution in [2.24, 2.45) is 0 Å². The zero-order valence-corrected chi connectivity index (χ0v) is 15.3. The van der Waals surface area contributed by atoms with Gasteiger partial charge in [-0.05, 0) is 23.8 Å². The summed E-state index contributed by atoms with van der Waals surface area (Å²) >= 11 is 0. The maximum atomic E-state index is 12.4. The fraction of sp³-hybridized carbons (Fsp3) is 0.238. The van der Waals surface area contributed by atoms with Gasteiger partial charge in [-0.3, -0.25) is 9.59 Å². The smallest absolute Gasteiger partial charge is 0.244 e. The number of hydrogen-bond acceptors (Lipinski definition) is 4. The zero-order chi connectivity index (χ0) is 19.2. The van der Waals surface area contributed by atoms with Crippen molar-refractivity contribution in [2.75, 3.05) is 25.7 Å². The molecule has 0 bridgehead atoms. The van der Waals surface area contributed by atoms with Crippen molar-refractivity contribution in [3.8, 4) is 11.5 Å². The number of benzene rings is 2. The Balaban J connectivity index is 1.63. The molecule has 3 rings (SSSR count). The van der Waals surface area contributed by atoms with Crippen LogP contribution in [0.25, 0.3) is 6.08 Å². The highest BCUT2D eigenvalue weighted by Crippen LogP contribution is 2.33. The van der Waals surface area contributed by atoms with E-state index in [-0.39, 0.29) is 24.3 Å². The van der Waals surface area contributed by atoms with Gasteiger partial charge in [0.2, 0.25) is 11.8 Å². The van der Waals surface area contributed by atoms with Gasteiger partial charge in [0.15, 0.2) is 11.5 Å². The van der Waals surface area contributed by atoms with Crippen LogP contribution in [-0.4, -0.2) is 38.6 Å². The predicted molar refractivity (Wildman–Crippen MR) is 104 cm³/mol. The minimum Gasteiger partial charge on any atom is -0.493 e. The molecule has 2 amide bonds. The summed E-state index contributed by atoms with van der Waals surface area (Å²) in [5, 5.41) is 2.89. The lowest BCUT2D eigenvalue weighted by Gasteiger charge is -2.18. The number of ether oxygens (including phenoxy) is 2. The number of methoxy groups -OCH3 is 2. The van der Waals surface area contributed by atoms with E-state index in [1.807, 2.05) is 30.3 Å². The van der Waals surface area contributed by atoms with Crippen LogP contribution in [0.4, 0.5) is 5.69 Å². The summed E-state index contributed by atoms with van der Waals surface area (Å²) in [6.07, 6.45) is 3.50. The Hall–Kier alpha value is -3.28. The molecule has 6 heteroatoms. The molecule has 0 saturated carbocycles. The molecular weight excluding hydrogens is 344 g/mol. The first-order chi connectivity index (χ1) is 13.1. The molecule has 27 heavy (non-hydrogen) atoms. The summed E-state index contributed by atoms with van der Waals surface area (Å²) in [7, 11) is 3.11. The second-order valence-corrected chi connectivity index (χ2v) is 6.20. The van der Waals surface area contributed by atoms with Gasteiger partial charge in [-0.15, -0.1) is 0 Å². The number of amides is 2. The van der Waals surface area contributed by atoms with E-state index in [2.05, 4.69) is 5.32 Å². The van der Waals surface area contributed by atoms with Gasteiger partial charge in [-0.1, -0.05) is 30.3 Å².